The summed E-state index contributed by atoms with van der Waals surface area (Å²) in [7, 11) is 0. The number of carbonyl (C=O) groups is 2. The van der Waals surface area contributed by atoms with Crippen LogP contribution in [0.2, 0.25) is 0 Å². The number of hydrogen-bond donors (Lipinski definition) is 2. The summed E-state index contributed by atoms with van der Waals surface area (Å²) in [5.74, 6) is 0.446. The molecule has 1 aliphatic heterocycles. The van der Waals surface area contributed by atoms with Crippen molar-refractivity contribution in [2.45, 2.75) is 45.6 Å². The maximum absolute atomic E-state index is 12.5. The minimum atomic E-state index is -0.252. The van der Waals surface area contributed by atoms with E-state index in [4.69, 9.17) is 0 Å². The van der Waals surface area contributed by atoms with Crippen molar-refractivity contribution >= 4 is 34.6 Å². The van der Waals surface area contributed by atoms with Gasteiger partial charge in [-0.15, -0.1) is 22.7 Å². The molecule has 2 aromatic heterocycles. The molecule has 0 aromatic carbocycles. The minimum Gasteiger partial charge on any atom is -0.316 e. The molecule has 0 unspecified atom stereocenters. The van der Waals surface area contributed by atoms with Crippen molar-refractivity contribution in [1.82, 2.24) is 15.8 Å². The largest absolute Gasteiger partial charge is 0.336 e. The smallest absolute Gasteiger partial charge is 0.316 e. The summed E-state index contributed by atoms with van der Waals surface area (Å²) in [5, 5.41) is 2.07. The number of fused-ring (bicyclic) bond motifs is 2. The summed E-state index contributed by atoms with van der Waals surface area (Å²) in [4.78, 5) is 30.1. The van der Waals surface area contributed by atoms with Gasteiger partial charge in [0.15, 0.2) is 0 Å². The van der Waals surface area contributed by atoms with E-state index >= 15 is 0 Å². The molecule has 0 spiro atoms. The number of amides is 3. The van der Waals surface area contributed by atoms with Gasteiger partial charge in [-0.2, -0.15) is 0 Å². The highest BCUT2D eigenvalue weighted by molar-refractivity contribution is 7.14. The Kier molecular flexibility index (Phi) is 4.75. The second kappa shape index (κ2) is 7.04. The topological polar surface area (TPSA) is 61.4 Å². The SMILES string of the molecule is C[C@@H]1CCc2sc(C(=O)NNC(=O)N3CCc4sccc4[C@H]3C)cc2C1. The summed E-state index contributed by atoms with van der Waals surface area (Å²) in [6.07, 6.45) is 4.14. The van der Waals surface area contributed by atoms with Gasteiger partial charge in [0.05, 0.1) is 10.9 Å². The number of carbonyl (C=O) groups excluding carboxylic acids is 2. The van der Waals surface area contributed by atoms with Crippen LogP contribution in [0.5, 0.6) is 0 Å². The molecule has 0 radical (unpaired) electrons. The minimum absolute atomic E-state index is 0.0254. The van der Waals surface area contributed by atoms with Crippen LogP contribution in [-0.2, 0) is 19.3 Å². The number of urea groups is 1. The first-order valence-electron chi connectivity index (χ1n) is 9.07. The summed E-state index contributed by atoms with van der Waals surface area (Å²) in [5.41, 5.74) is 7.68. The monoisotopic (exact) mass is 389 g/mol. The molecule has 4 rings (SSSR count). The Balaban J connectivity index is 1.37. The first-order valence-corrected chi connectivity index (χ1v) is 10.8. The lowest BCUT2D eigenvalue weighted by Crippen LogP contribution is -2.50. The fourth-order valence-corrected chi connectivity index (χ4v) is 5.91. The normalized spacial score (nSPS) is 21.7. The number of hydrogen-bond acceptors (Lipinski definition) is 4. The van der Waals surface area contributed by atoms with Crippen molar-refractivity contribution in [3.63, 3.8) is 0 Å². The summed E-state index contributed by atoms with van der Waals surface area (Å²) in [6.45, 7) is 4.95. The lowest BCUT2D eigenvalue weighted by atomic mass is 9.90. The Hall–Kier alpha value is -1.86. The van der Waals surface area contributed by atoms with E-state index in [1.807, 2.05) is 13.0 Å². The quantitative estimate of drug-likeness (QED) is 0.727. The highest BCUT2D eigenvalue weighted by Crippen LogP contribution is 2.33. The molecule has 1 aliphatic carbocycles. The highest BCUT2D eigenvalue weighted by Gasteiger charge is 2.28. The van der Waals surface area contributed by atoms with E-state index in [1.165, 1.54) is 27.3 Å². The Morgan fingerprint density at radius 3 is 2.88 bits per heavy atom. The molecule has 5 nitrogen and oxygen atoms in total. The number of thiophene rings is 2. The highest BCUT2D eigenvalue weighted by atomic mass is 32.1. The van der Waals surface area contributed by atoms with E-state index in [9.17, 15) is 9.59 Å². The predicted molar refractivity (Wildman–Crippen MR) is 105 cm³/mol. The lowest BCUT2D eigenvalue weighted by molar-refractivity contribution is 0.0929. The predicted octanol–water partition coefficient (Wildman–Crippen LogP) is 3.91. The molecule has 3 heterocycles. The number of rotatable bonds is 1. The molecule has 2 aliphatic rings. The first-order chi connectivity index (χ1) is 12.5. The van der Waals surface area contributed by atoms with Crippen LogP contribution in [0.1, 0.15) is 56.9 Å². The van der Waals surface area contributed by atoms with Crippen LogP contribution in [0.15, 0.2) is 17.5 Å². The Morgan fingerprint density at radius 1 is 1.19 bits per heavy atom. The van der Waals surface area contributed by atoms with Crippen LogP contribution in [-0.4, -0.2) is 23.4 Å². The van der Waals surface area contributed by atoms with Crippen molar-refractivity contribution in [3.8, 4) is 0 Å². The van der Waals surface area contributed by atoms with Crippen LogP contribution >= 0.6 is 22.7 Å². The van der Waals surface area contributed by atoms with Crippen LogP contribution in [0.25, 0.3) is 0 Å². The Bertz CT molecular complexity index is 842. The average molecular weight is 390 g/mol. The first kappa shape index (κ1) is 17.5. The van der Waals surface area contributed by atoms with Crippen molar-refractivity contribution in [3.05, 3.63) is 43.3 Å². The van der Waals surface area contributed by atoms with Gasteiger partial charge in [-0.1, -0.05) is 6.92 Å². The molecule has 2 N–H and O–H groups in total. The van der Waals surface area contributed by atoms with Gasteiger partial charge in [0.25, 0.3) is 5.91 Å². The number of nitrogens with one attached hydrogen (secondary N) is 2. The van der Waals surface area contributed by atoms with E-state index in [1.54, 1.807) is 27.6 Å². The van der Waals surface area contributed by atoms with Crippen LogP contribution in [0, 0.1) is 5.92 Å². The third kappa shape index (κ3) is 3.25. The molecular weight excluding hydrogens is 366 g/mol. The van der Waals surface area contributed by atoms with Crippen molar-refractivity contribution < 1.29 is 9.59 Å². The second-order valence-electron chi connectivity index (χ2n) is 7.21. The fraction of sp³-hybridized carbons (Fsp3) is 0.474. The third-order valence-electron chi connectivity index (χ3n) is 5.37. The molecule has 2 aromatic rings. The molecular formula is C19H23N3O2S2. The van der Waals surface area contributed by atoms with Crippen molar-refractivity contribution in [1.29, 1.82) is 0 Å². The third-order valence-corrected chi connectivity index (χ3v) is 7.61. The molecule has 0 saturated heterocycles. The molecule has 26 heavy (non-hydrogen) atoms. The number of hydrazine groups is 1. The van der Waals surface area contributed by atoms with Gasteiger partial charge in [-0.3, -0.25) is 10.2 Å². The maximum atomic E-state index is 12.5. The van der Waals surface area contributed by atoms with Crippen molar-refractivity contribution in [2.75, 3.05) is 6.54 Å². The van der Waals surface area contributed by atoms with Gasteiger partial charge in [0.2, 0.25) is 0 Å². The van der Waals surface area contributed by atoms with E-state index in [0.717, 1.165) is 19.3 Å². The van der Waals surface area contributed by atoms with Gasteiger partial charge in [-0.05, 0) is 67.2 Å². The van der Waals surface area contributed by atoms with Crippen molar-refractivity contribution in [2.24, 2.45) is 5.92 Å². The molecule has 0 saturated carbocycles. The summed E-state index contributed by atoms with van der Waals surface area (Å²) < 4.78 is 0. The van der Waals surface area contributed by atoms with Gasteiger partial charge < -0.3 is 4.90 Å². The average Bonchev–Trinajstić information content (AvgIpc) is 3.26. The summed E-state index contributed by atoms with van der Waals surface area (Å²) in [6, 6.07) is 3.84. The standard InChI is InChI=1S/C19H23N3O2S2/c1-11-3-4-15-13(9-11)10-17(26-15)18(23)20-21-19(24)22-7-5-16-14(12(22)2)6-8-25-16/h6,8,10-12H,3-5,7,9H2,1-2H3,(H,20,23)(H,21,24)/t11-,12-/m1/s1. The van der Waals surface area contributed by atoms with E-state index < -0.39 is 0 Å². The maximum Gasteiger partial charge on any atom is 0.336 e. The Labute approximate surface area is 161 Å². The molecule has 2 atom stereocenters. The molecule has 0 bridgehead atoms. The molecule has 7 heteroatoms. The fourth-order valence-electron chi connectivity index (χ4n) is 3.85. The van der Waals surface area contributed by atoms with E-state index in [0.29, 0.717) is 17.3 Å². The second-order valence-corrected chi connectivity index (χ2v) is 9.35. The van der Waals surface area contributed by atoms with Gasteiger partial charge >= 0.3 is 6.03 Å². The van der Waals surface area contributed by atoms with E-state index in [2.05, 4.69) is 29.2 Å². The van der Waals surface area contributed by atoms with Gasteiger partial charge in [-0.25, -0.2) is 10.2 Å². The zero-order chi connectivity index (χ0) is 18.3. The van der Waals surface area contributed by atoms with Crippen LogP contribution in [0.4, 0.5) is 4.79 Å². The van der Waals surface area contributed by atoms with Crippen LogP contribution < -0.4 is 10.9 Å². The van der Waals surface area contributed by atoms with E-state index in [-0.39, 0.29) is 18.0 Å². The Morgan fingerprint density at radius 2 is 2.04 bits per heavy atom. The molecule has 138 valence electrons. The summed E-state index contributed by atoms with van der Waals surface area (Å²) >= 11 is 3.29. The number of aryl methyl sites for hydroxylation is 1. The molecule has 0 fully saturated rings. The lowest BCUT2D eigenvalue weighted by Gasteiger charge is -2.33. The zero-order valence-corrected chi connectivity index (χ0v) is 16.6. The number of nitrogens with zero attached hydrogens (tertiary/aromatic N) is 1. The molecule has 3 amide bonds. The van der Waals surface area contributed by atoms with Gasteiger partial charge in [0, 0.05) is 16.3 Å². The zero-order valence-electron chi connectivity index (χ0n) is 15.0. The van der Waals surface area contributed by atoms with Crippen LogP contribution in [0.3, 0.4) is 0 Å². The van der Waals surface area contributed by atoms with Gasteiger partial charge in [0.1, 0.15) is 0 Å².